The Morgan fingerprint density at radius 2 is 1.42 bits per heavy atom. The van der Waals surface area contributed by atoms with E-state index >= 15 is 0 Å². The van der Waals surface area contributed by atoms with Crippen LogP contribution in [0.4, 0.5) is 0 Å². The number of hydrogen-bond acceptors (Lipinski definition) is 4. The van der Waals surface area contributed by atoms with Crippen molar-refractivity contribution in [1.82, 2.24) is 5.32 Å². The van der Waals surface area contributed by atoms with Crippen molar-refractivity contribution in [2.75, 3.05) is 32.7 Å². The number of hydrogen-bond donors (Lipinski definition) is 1. The number of benzene rings is 3. The molecule has 3 heterocycles. The molecule has 3 aliphatic rings. The second kappa shape index (κ2) is 11.5. The Morgan fingerprint density at radius 1 is 0.868 bits per heavy atom. The summed E-state index contributed by atoms with van der Waals surface area (Å²) in [6.45, 7) is 4.39. The molecular weight excluding hydrogens is 476 g/mol. The van der Waals surface area contributed by atoms with Gasteiger partial charge in [-0.05, 0) is 16.7 Å². The highest BCUT2D eigenvalue weighted by Crippen LogP contribution is 2.37. The van der Waals surface area contributed by atoms with Gasteiger partial charge in [0.05, 0.1) is 26.1 Å². The van der Waals surface area contributed by atoms with Crippen molar-refractivity contribution in [1.29, 1.82) is 0 Å². The molecule has 0 saturated carbocycles. The largest absolute Gasteiger partial charge is 0.834 e. The van der Waals surface area contributed by atoms with E-state index in [9.17, 15) is 14.7 Å². The minimum atomic E-state index is -2.11. The molecule has 3 aromatic carbocycles. The van der Waals surface area contributed by atoms with Crippen molar-refractivity contribution in [3.63, 3.8) is 0 Å². The van der Waals surface area contributed by atoms with Gasteiger partial charge in [-0.2, -0.15) is 0 Å². The Kier molecular flexibility index (Phi) is 7.91. The first-order chi connectivity index (χ1) is 18.5. The second-order valence-electron chi connectivity index (χ2n) is 10.8. The van der Waals surface area contributed by atoms with Gasteiger partial charge in [0, 0.05) is 37.3 Å². The lowest BCUT2D eigenvalue weighted by atomic mass is 9.82. The van der Waals surface area contributed by atoms with E-state index in [4.69, 9.17) is 4.74 Å². The highest BCUT2D eigenvalue weighted by molar-refractivity contribution is 5.85. The van der Waals surface area contributed by atoms with Crippen LogP contribution in [0.15, 0.2) is 91.0 Å². The minimum Gasteiger partial charge on any atom is -0.834 e. The lowest BCUT2D eigenvalue weighted by Gasteiger charge is -2.53. The van der Waals surface area contributed by atoms with E-state index in [0.29, 0.717) is 30.0 Å². The van der Waals surface area contributed by atoms with Crippen LogP contribution in [-0.2, 0) is 26.3 Å². The van der Waals surface area contributed by atoms with Crippen LogP contribution in [0.2, 0.25) is 0 Å². The smallest absolute Gasteiger partial charge is 0.304 e. The normalized spacial score (nSPS) is 22.6. The number of fused-ring (bicyclic) bond motifs is 3. The van der Waals surface area contributed by atoms with Crippen LogP contribution < -0.4 is 10.4 Å². The molecule has 1 atom stereocenters. The molecule has 0 radical (unpaired) electrons. The summed E-state index contributed by atoms with van der Waals surface area (Å²) < 4.78 is 6.98. The van der Waals surface area contributed by atoms with Crippen molar-refractivity contribution in [3.8, 4) is 0 Å². The number of rotatable bonds is 10. The van der Waals surface area contributed by atoms with Crippen molar-refractivity contribution in [2.24, 2.45) is 5.92 Å². The Morgan fingerprint density at radius 3 is 2.00 bits per heavy atom. The number of ether oxygens (including phenoxy) is 1. The number of carbonyl (C=O) groups excluding carboxylic acids is 2. The molecule has 38 heavy (non-hydrogen) atoms. The maximum Gasteiger partial charge on any atom is 0.304 e. The number of amides is 1. The molecule has 3 saturated heterocycles. The molecule has 1 unspecified atom stereocenters. The number of nitrogens with zero attached hydrogens (tertiary/aromatic N) is 1. The van der Waals surface area contributed by atoms with Gasteiger partial charge in [-0.15, -0.1) is 0 Å². The molecule has 0 aromatic heterocycles. The Bertz CT molecular complexity index is 1170. The zero-order valence-corrected chi connectivity index (χ0v) is 21.8. The van der Waals surface area contributed by atoms with Crippen LogP contribution in [0.5, 0.6) is 0 Å². The van der Waals surface area contributed by atoms with Crippen LogP contribution in [0.1, 0.15) is 36.0 Å². The SMILES string of the molecule is O=C(Cc1ccccc1)NCCC[N+]12CCC(CC1)C(OC(=O)C([O-])(c1ccccc1)c1ccccc1)C2. The monoisotopic (exact) mass is 512 g/mol. The third kappa shape index (κ3) is 5.66. The highest BCUT2D eigenvalue weighted by atomic mass is 16.6. The first-order valence-corrected chi connectivity index (χ1v) is 13.7. The summed E-state index contributed by atoms with van der Waals surface area (Å²) in [5.74, 6) is -0.394. The standard InChI is InChI=1S/C32H36N2O4/c35-30(23-25-11-4-1-5-12-25)33-19-10-20-34-21-17-26(18-22-34)29(24-34)38-31(36)32(37,27-13-6-2-7-14-27)28-15-8-3-9-16-28/h1-9,11-16,26,29H,10,17-24H2,(H,33,35). The van der Waals surface area contributed by atoms with Gasteiger partial charge in [0.15, 0.2) is 6.10 Å². The van der Waals surface area contributed by atoms with Crippen LogP contribution in [-0.4, -0.2) is 55.2 Å². The molecule has 1 amide bonds. The first-order valence-electron chi connectivity index (χ1n) is 13.7. The fourth-order valence-corrected chi connectivity index (χ4v) is 6.12. The van der Waals surface area contributed by atoms with E-state index in [1.165, 1.54) is 0 Å². The zero-order valence-electron chi connectivity index (χ0n) is 21.8. The predicted octanol–water partition coefficient (Wildman–Crippen LogP) is 3.19. The topological polar surface area (TPSA) is 78.5 Å². The summed E-state index contributed by atoms with van der Waals surface area (Å²) in [5, 5.41) is 17.3. The van der Waals surface area contributed by atoms with Crippen molar-refractivity contribution in [3.05, 3.63) is 108 Å². The quantitative estimate of drug-likeness (QED) is 0.257. The molecule has 6 nitrogen and oxygen atoms in total. The fourth-order valence-electron chi connectivity index (χ4n) is 6.12. The van der Waals surface area contributed by atoms with Gasteiger partial charge in [0.1, 0.15) is 6.54 Å². The van der Waals surface area contributed by atoms with Gasteiger partial charge in [-0.3, -0.25) is 9.59 Å². The van der Waals surface area contributed by atoms with E-state index in [2.05, 4.69) is 5.32 Å². The van der Waals surface area contributed by atoms with E-state index < -0.39 is 11.6 Å². The Labute approximate surface area is 224 Å². The molecular formula is C32H36N2O4. The van der Waals surface area contributed by atoms with E-state index in [-0.39, 0.29) is 12.0 Å². The fraction of sp³-hybridized carbons (Fsp3) is 0.375. The molecule has 6 rings (SSSR count). The molecule has 1 N–H and O–H groups in total. The summed E-state index contributed by atoms with van der Waals surface area (Å²) in [4.78, 5) is 25.9. The van der Waals surface area contributed by atoms with Crippen LogP contribution in [0.3, 0.4) is 0 Å². The van der Waals surface area contributed by atoms with Crippen LogP contribution >= 0.6 is 0 Å². The molecule has 0 aliphatic carbocycles. The van der Waals surface area contributed by atoms with Crippen LogP contribution in [0, 0.1) is 5.92 Å². The summed E-state index contributed by atoms with van der Waals surface area (Å²) in [6, 6.07) is 27.4. The van der Waals surface area contributed by atoms with E-state index in [1.54, 1.807) is 48.5 Å². The van der Waals surface area contributed by atoms with Gasteiger partial charge in [-0.1, -0.05) is 91.0 Å². The first kappa shape index (κ1) is 26.1. The summed E-state index contributed by atoms with van der Waals surface area (Å²) in [5.41, 5.74) is -0.307. The second-order valence-corrected chi connectivity index (χ2v) is 10.8. The molecule has 3 aromatic rings. The van der Waals surface area contributed by atoms with E-state index in [1.807, 2.05) is 42.5 Å². The number of carbonyl (C=O) groups is 2. The molecule has 3 fully saturated rings. The Balaban J connectivity index is 1.20. The predicted molar refractivity (Wildman–Crippen MR) is 144 cm³/mol. The van der Waals surface area contributed by atoms with Crippen LogP contribution in [0.25, 0.3) is 0 Å². The van der Waals surface area contributed by atoms with Gasteiger partial charge in [-0.25, -0.2) is 0 Å². The summed E-state index contributed by atoms with van der Waals surface area (Å²) in [7, 11) is 0. The number of nitrogens with one attached hydrogen (secondary N) is 1. The Hall–Kier alpha value is -3.48. The lowest BCUT2D eigenvalue weighted by molar-refractivity contribution is -0.946. The maximum absolute atomic E-state index is 14.3. The summed E-state index contributed by atoms with van der Waals surface area (Å²) in [6.07, 6.45) is 2.96. The molecule has 198 valence electrons. The van der Waals surface area contributed by atoms with Gasteiger partial charge in [0.2, 0.25) is 5.91 Å². The minimum absolute atomic E-state index is 0.0361. The average Bonchev–Trinajstić information content (AvgIpc) is 2.97. The van der Waals surface area contributed by atoms with Crippen molar-refractivity contribution < 1.29 is 23.9 Å². The zero-order chi connectivity index (χ0) is 26.4. The number of quaternary nitrogens is 1. The summed E-state index contributed by atoms with van der Waals surface area (Å²) >= 11 is 0. The maximum atomic E-state index is 14.3. The van der Waals surface area contributed by atoms with Gasteiger partial charge < -0.3 is 19.6 Å². The van der Waals surface area contributed by atoms with Crippen molar-refractivity contribution in [2.45, 2.75) is 37.4 Å². The lowest BCUT2D eigenvalue weighted by Crippen LogP contribution is -2.65. The van der Waals surface area contributed by atoms with E-state index in [0.717, 1.165) is 55.5 Å². The third-order valence-corrected chi connectivity index (χ3v) is 8.29. The molecule has 2 bridgehead atoms. The molecule has 6 heteroatoms. The number of piperidine rings is 3. The highest BCUT2D eigenvalue weighted by Gasteiger charge is 2.48. The third-order valence-electron chi connectivity index (χ3n) is 8.29. The molecule has 3 aliphatic heterocycles. The van der Waals surface area contributed by atoms with Gasteiger partial charge >= 0.3 is 5.97 Å². The molecule has 0 spiro atoms. The van der Waals surface area contributed by atoms with Gasteiger partial charge in [0.25, 0.3) is 0 Å². The number of esters is 1. The average molecular weight is 513 g/mol. The van der Waals surface area contributed by atoms with Crippen molar-refractivity contribution >= 4 is 11.9 Å².